The van der Waals surface area contributed by atoms with Gasteiger partial charge in [-0.3, -0.25) is 4.79 Å². The molecule has 0 aliphatic carbocycles. The molecule has 0 saturated carbocycles. The van der Waals surface area contributed by atoms with Gasteiger partial charge in [0.25, 0.3) is 5.91 Å². The summed E-state index contributed by atoms with van der Waals surface area (Å²) < 4.78 is 0. The van der Waals surface area contributed by atoms with Gasteiger partial charge in [-0.2, -0.15) is 0 Å². The second kappa shape index (κ2) is 7.80. The van der Waals surface area contributed by atoms with E-state index in [2.05, 4.69) is 16.0 Å². The SMILES string of the molecule is CC1=C(C(=O)Nc2cc(Cl)ccc2C)C(c2ccc(Cl)cc2Cl)NC(=O)N1. The molecule has 1 aliphatic heterocycles. The van der Waals surface area contributed by atoms with Crippen molar-refractivity contribution >= 4 is 52.4 Å². The Morgan fingerprint density at radius 1 is 1.04 bits per heavy atom. The van der Waals surface area contributed by atoms with Crippen LogP contribution in [0.2, 0.25) is 15.1 Å². The van der Waals surface area contributed by atoms with Gasteiger partial charge in [-0.05, 0) is 49.2 Å². The van der Waals surface area contributed by atoms with Crippen LogP contribution in [0.1, 0.15) is 24.1 Å². The smallest absolute Gasteiger partial charge is 0.319 e. The number of allylic oxidation sites excluding steroid dienone is 1. The largest absolute Gasteiger partial charge is 0.327 e. The van der Waals surface area contributed by atoms with E-state index in [-0.39, 0.29) is 5.91 Å². The molecule has 5 nitrogen and oxygen atoms in total. The van der Waals surface area contributed by atoms with Crippen LogP contribution in [0, 0.1) is 6.92 Å². The minimum Gasteiger partial charge on any atom is -0.327 e. The predicted octanol–water partition coefficient (Wildman–Crippen LogP) is 5.22. The van der Waals surface area contributed by atoms with Gasteiger partial charge in [0.2, 0.25) is 0 Å². The van der Waals surface area contributed by atoms with Crippen LogP contribution in [0.4, 0.5) is 10.5 Å². The number of halogens is 3. The average Bonchev–Trinajstić information content (AvgIpc) is 2.57. The summed E-state index contributed by atoms with van der Waals surface area (Å²) >= 11 is 18.3. The highest BCUT2D eigenvalue weighted by Crippen LogP contribution is 2.34. The number of carbonyl (C=O) groups excluding carboxylic acids is 2. The van der Waals surface area contributed by atoms with Gasteiger partial charge < -0.3 is 16.0 Å². The fraction of sp³-hybridized carbons (Fsp3) is 0.158. The lowest BCUT2D eigenvalue weighted by Gasteiger charge is -2.29. The first kappa shape index (κ1) is 19.5. The van der Waals surface area contributed by atoms with Crippen LogP contribution in [0.15, 0.2) is 47.7 Å². The molecule has 0 radical (unpaired) electrons. The molecule has 3 amide bonds. The van der Waals surface area contributed by atoms with Gasteiger partial charge in [0, 0.05) is 26.5 Å². The van der Waals surface area contributed by atoms with Gasteiger partial charge in [0.05, 0.1) is 11.6 Å². The molecule has 140 valence electrons. The van der Waals surface area contributed by atoms with Gasteiger partial charge in [-0.1, -0.05) is 46.9 Å². The molecular formula is C19H16Cl3N3O2. The molecule has 0 aromatic heterocycles. The molecule has 0 bridgehead atoms. The van der Waals surface area contributed by atoms with E-state index in [1.54, 1.807) is 37.3 Å². The lowest BCUT2D eigenvalue weighted by molar-refractivity contribution is -0.113. The number of urea groups is 1. The fourth-order valence-electron chi connectivity index (χ4n) is 2.88. The van der Waals surface area contributed by atoms with Crippen molar-refractivity contribution in [2.45, 2.75) is 19.9 Å². The standard InChI is InChI=1S/C19H16Cl3N3O2/c1-9-3-4-12(21)8-15(9)24-18(26)16-10(2)23-19(27)25-17(16)13-6-5-11(20)7-14(13)22/h3-8,17H,1-2H3,(H,24,26)(H2,23,25,27). The molecule has 1 aliphatic rings. The van der Waals surface area contributed by atoms with Crippen LogP contribution >= 0.6 is 34.8 Å². The van der Waals surface area contributed by atoms with Crippen LogP contribution in [0.3, 0.4) is 0 Å². The number of benzene rings is 2. The fourth-order valence-corrected chi connectivity index (χ4v) is 3.57. The molecule has 1 atom stereocenters. The molecule has 3 N–H and O–H groups in total. The first-order valence-electron chi connectivity index (χ1n) is 8.07. The Labute approximate surface area is 171 Å². The number of hydrogen-bond donors (Lipinski definition) is 3. The van der Waals surface area contributed by atoms with E-state index in [0.717, 1.165) is 5.56 Å². The van der Waals surface area contributed by atoms with Crippen molar-refractivity contribution < 1.29 is 9.59 Å². The molecule has 1 heterocycles. The second-order valence-electron chi connectivity index (χ2n) is 6.15. The third kappa shape index (κ3) is 4.21. The van der Waals surface area contributed by atoms with Crippen molar-refractivity contribution in [1.29, 1.82) is 0 Å². The summed E-state index contributed by atoms with van der Waals surface area (Å²) in [5.41, 5.74) is 2.80. The molecule has 8 heteroatoms. The van der Waals surface area contributed by atoms with Crippen molar-refractivity contribution in [3.05, 3.63) is 73.9 Å². The quantitative estimate of drug-likeness (QED) is 0.632. The zero-order chi connectivity index (χ0) is 19.7. The van der Waals surface area contributed by atoms with Crippen molar-refractivity contribution in [2.24, 2.45) is 0 Å². The summed E-state index contributed by atoms with van der Waals surface area (Å²) in [5.74, 6) is -0.374. The summed E-state index contributed by atoms with van der Waals surface area (Å²) in [6.07, 6.45) is 0. The molecule has 0 fully saturated rings. The first-order valence-corrected chi connectivity index (χ1v) is 9.20. The van der Waals surface area contributed by atoms with Crippen molar-refractivity contribution in [1.82, 2.24) is 10.6 Å². The maximum atomic E-state index is 13.0. The number of anilines is 1. The van der Waals surface area contributed by atoms with Crippen LogP contribution in [-0.2, 0) is 4.79 Å². The Bertz CT molecular complexity index is 973. The summed E-state index contributed by atoms with van der Waals surface area (Å²) in [5, 5.41) is 9.55. The number of carbonyl (C=O) groups is 2. The Kier molecular flexibility index (Phi) is 5.65. The second-order valence-corrected chi connectivity index (χ2v) is 7.43. The van der Waals surface area contributed by atoms with E-state index in [9.17, 15) is 9.59 Å². The molecule has 0 spiro atoms. The maximum absolute atomic E-state index is 13.0. The number of hydrogen-bond acceptors (Lipinski definition) is 2. The molecule has 3 rings (SSSR count). The number of rotatable bonds is 3. The highest BCUT2D eigenvalue weighted by molar-refractivity contribution is 6.35. The maximum Gasteiger partial charge on any atom is 0.319 e. The van der Waals surface area contributed by atoms with Gasteiger partial charge >= 0.3 is 6.03 Å². The number of nitrogens with one attached hydrogen (secondary N) is 3. The Morgan fingerprint density at radius 2 is 1.70 bits per heavy atom. The van der Waals surface area contributed by atoms with Gasteiger partial charge in [0.15, 0.2) is 0 Å². The van der Waals surface area contributed by atoms with Gasteiger partial charge in [0.1, 0.15) is 0 Å². The lowest BCUT2D eigenvalue weighted by Crippen LogP contribution is -2.46. The van der Waals surface area contributed by atoms with Gasteiger partial charge in [-0.15, -0.1) is 0 Å². The lowest BCUT2D eigenvalue weighted by atomic mass is 9.94. The van der Waals surface area contributed by atoms with E-state index >= 15 is 0 Å². The van der Waals surface area contributed by atoms with Gasteiger partial charge in [-0.25, -0.2) is 4.79 Å². The van der Waals surface area contributed by atoms with Crippen LogP contribution < -0.4 is 16.0 Å². The first-order chi connectivity index (χ1) is 12.8. The average molecular weight is 425 g/mol. The van der Waals surface area contributed by atoms with Crippen molar-refractivity contribution in [2.75, 3.05) is 5.32 Å². The van der Waals surface area contributed by atoms with Crippen LogP contribution in [0.25, 0.3) is 0 Å². The van der Waals surface area contributed by atoms with E-state index in [0.29, 0.717) is 37.6 Å². The Hall–Kier alpha value is -2.21. The summed E-state index contributed by atoms with van der Waals surface area (Å²) in [7, 11) is 0. The topological polar surface area (TPSA) is 70.2 Å². The predicted molar refractivity (Wildman–Crippen MR) is 108 cm³/mol. The number of aryl methyl sites for hydroxylation is 1. The molecule has 0 saturated heterocycles. The van der Waals surface area contributed by atoms with E-state index < -0.39 is 12.1 Å². The summed E-state index contributed by atoms with van der Waals surface area (Å²) in [4.78, 5) is 25.0. The Balaban J connectivity index is 2.01. The monoisotopic (exact) mass is 423 g/mol. The number of amides is 3. The highest BCUT2D eigenvalue weighted by Gasteiger charge is 2.32. The summed E-state index contributed by atoms with van der Waals surface area (Å²) in [6.45, 7) is 3.52. The van der Waals surface area contributed by atoms with E-state index in [4.69, 9.17) is 34.8 Å². The summed E-state index contributed by atoms with van der Waals surface area (Å²) in [6, 6.07) is 9.00. The van der Waals surface area contributed by atoms with Crippen LogP contribution in [0.5, 0.6) is 0 Å². The zero-order valence-electron chi connectivity index (χ0n) is 14.5. The van der Waals surface area contributed by atoms with Crippen molar-refractivity contribution in [3.63, 3.8) is 0 Å². The normalized spacial score (nSPS) is 16.6. The minimum atomic E-state index is -0.719. The minimum absolute atomic E-state index is 0.346. The molecular weight excluding hydrogens is 409 g/mol. The third-order valence-corrected chi connectivity index (χ3v) is 5.03. The van der Waals surface area contributed by atoms with E-state index in [1.165, 1.54) is 0 Å². The third-order valence-electron chi connectivity index (χ3n) is 4.24. The Morgan fingerprint density at radius 3 is 2.41 bits per heavy atom. The van der Waals surface area contributed by atoms with E-state index in [1.807, 2.05) is 13.0 Å². The molecule has 27 heavy (non-hydrogen) atoms. The molecule has 2 aromatic rings. The molecule has 2 aromatic carbocycles. The molecule has 1 unspecified atom stereocenters. The van der Waals surface area contributed by atoms with Crippen LogP contribution in [-0.4, -0.2) is 11.9 Å². The highest BCUT2D eigenvalue weighted by atomic mass is 35.5. The van der Waals surface area contributed by atoms with Crippen molar-refractivity contribution in [3.8, 4) is 0 Å². The zero-order valence-corrected chi connectivity index (χ0v) is 16.8.